The van der Waals surface area contributed by atoms with Crippen molar-refractivity contribution in [3.05, 3.63) is 29.3 Å². The molecule has 0 bridgehead atoms. The summed E-state index contributed by atoms with van der Waals surface area (Å²) in [6.07, 6.45) is 0. The van der Waals surface area contributed by atoms with Crippen LogP contribution in [0.15, 0.2) is 23.6 Å². The Morgan fingerprint density at radius 1 is 1.57 bits per heavy atom. The Kier molecular flexibility index (Phi) is 2.01. The van der Waals surface area contributed by atoms with Gasteiger partial charge in [0, 0.05) is 0 Å². The molecule has 0 spiro atoms. The third kappa shape index (κ3) is 1.38. The van der Waals surface area contributed by atoms with Gasteiger partial charge in [-0.15, -0.1) is 11.3 Å². The Balaban J connectivity index is 2.48. The number of aromatic carboxylic acids is 1. The van der Waals surface area contributed by atoms with Crippen LogP contribution in [0.5, 0.6) is 0 Å². The second-order valence-corrected chi connectivity index (χ2v) is 3.74. The molecule has 0 saturated heterocycles. The molecule has 0 radical (unpaired) electrons. The van der Waals surface area contributed by atoms with E-state index in [0.29, 0.717) is 0 Å². The number of carboxylic acids is 1. The first kappa shape index (κ1) is 8.83. The number of thiophene rings is 1. The average Bonchev–Trinajstić information content (AvgIpc) is 2.70. The Bertz CT molecular complexity index is 459. The van der Waals surface area contributed by atoms with Crippen molar-refractivity contribution in [2.75, 3.05) is 5.73 Å². The first-order chi connectivity index (χ1) is 6.68. The van der Waals surface area contributed by atoms with Crippen LogP contribution in [0.4, 0.5) is 5.69 Å². The van der Waals surface area contributed by atoms with Crippen molar-refractivity contribution in [1.82, 2.24) is 4.98 Å². The Morgan fingerprint density at radius 3 is 2.86 bits per heavy atom. The van der Waals surface area contributed by atoms with Gasteiger partial charge in [-0.3, -0.25) is 0 Å². The van der Waals surface area contributed by atoms with Gasteiger partial charge in [0.05, 0.1) is 16.3 Å². The minimum Gasteiger partial charge on any atom is -0.477 e. The first-order valence-corrected chi connectivity index (χ1v) is 4.82. The largest absolute Gasteiger partial charge is 0.477 e. The van der Waals surface area contributed by atoms with E-state index in [0.717, 1.165) is 10.6 Å². The van der Waals surface area contributed by atoms with Crippen LogP contribution < -0.4 is 5.73 Å². The van der Waals surface area contributed by atoms with Crippen molar-refractivity contribution in [3.63, 3.8) is 0 Å². The maximum atomic E-state index is 10.7. The van der Waals surface area contributed by atoms with Gasteiger partial charge in [-0.05, 0) is 17.5 Å². The first-order valence-electron chi connectivity index (χ1n) is 3.94. The predicted octanol–water partition coefficient (Wildman–Crippen LogP) is 2.02. The highest BCUT2D eigenvalue weighted by Gasteiger charge is 2.12. The van der Waals surface area contributed by atoms with Gasteiger partial charge in [-0.2, -0.15) is 0 Å². The Hall–Kier alpha value is -1.75. The predicted molar refractivity (Wildman–Crippen MR) is 55.5 cm³/mol. The number of anilines is 1. The third-order valence-corrected chi connectivity index (χ3v) is 2.75. The van der Waals surface area contributed by atoms with Crippen LogP contribution in [0, 0.1) is 0 Å². The van der Waals surface area contributed by atoms with Gasteiger partial charge in [0.25, 0.3) is 0 Å². The average molecular weight is 208 g/mol. The highest BCUT2D eigenvalue weighted by atomic mass is 32.1. The standard InChI is InChI=1S/C9H8N2O2S/c10-5-4-6(7-2-1-3-14-7)11-8(5)9(12)13/h1-4,11H,10H2,(H,12,13). The van der Waals surface area contributed by atoms with Crippen molar-refractivity contribution in [2.24, 2.45) is 0 Å². The molecular formula is C9H8N2O2S. The molecule has 0 aliphatic heterocycles. The van der Waals surface area contributed by atoms with Crippen molar-refractivity contribution in [1.29, 1.82) is 0 Å². The van der Waals surface area contributed by atoms with Gasteiger partial charge in [-0.1, -0.05) is 6.07 Å². The molecule has 2 heterocycles. The fraction of sp³-hybridized carbons (Fsp3) is 0. The van der Waals surface area contributed by atoms with E-state index >= 15 is 0 Å². The molecule has 2 rings (SSSR count). The van der Waals surface area contributed by atoms with Crippen molar-refractivity contribution in [2.45, 2.75) is 0 Å². The molecule has 0 fully saturated rings. The number of hydrogen-bond donors (Lipinski definition) is 3. The second-order valence-electron chi connectivity index (χ2n) is 2.80. The number of nitrogen functional groups attached to an aromatic ring is 1. The van der Waals surface area contributed by atoms with Crippen LogP contribution in [0.2, 0.25) is 0 Å². The van der Waals surface area contributed by atoms with Crippen LogP contribution in [-0.4, -0.2) is 16.1 Å². The zero-order valence-electron chi connectivity index (χ0n) is 7.15. The maximum Gasteiger partial charge on any atom is 0.354 e. The third-order valence-electron chi connectivity index (χ3n) is 1.85. The summed E-state index contributed by atoms with van der Waals surface area (Å²) >= 11 is 1.53. The number of carbonyl (C=O) groups is 1. The highest BCUT2D eigenvalue weighted by molar-refractivity contribution is 7.13. The summed E-state index contributed by atoms with van der Waals surface area (Å²) in [6.45, 7) is 0. The minimum atomic E-state index is -1.04. The molecule has 4 nitrogen and oxygen atoms in total. The molecule has 2 aromatic heterocycles. The Morgan fingerprint density at radius 2 is 2.36 bits per heavy atom. The minimum absolute atomic E-state index is 0.0494. The lowest BCUT2D eigenvalue weighted by Gasteiger charge is -1.90. The molecule has 0 atom stereocenters. The molecule has 0 saturated carbocycles. The summed E-state index contributed by atoms with van der Waals surface area (Å²) in [5.41, 5.74) is 6.60. The zero-order valence-corrected chi connectivity index (χ0v) is 7.97. The van der Waals surface area contributed by atoms with Crippen LogP contribution >= 0.6 is 11.3 Å². The molecular weight excluding hydrogens is 200 g/mol. The normalized spacial score (nSPS) is 10.3. The summed E-state index contributed by atoms with van der Waals surface area (Å²) in [5, 5.41) is 10.7. The molecule has 0 aliphatic carbocycles. The second kappa shape index (κ2) is 3.19. The molecule has 0 aliphatic rings. The molecule has 4 N–H and O–H groups in total. The molecule has 14 heavy (non-hydrogen) atoms. The van der Waals surface area contributed by atoms with Crippen molar-refractivity contribution < 1.29 is 9.90 Å². The van der Waals surface area contributed by atoms with Crippen LogP contribution in [0.1, 0.15) is 10.5 Å². The number of nitrogens with one attached hydrogen (secondary N) is 1. The molecule has 0 aromatic carbocycles. The smallest absolute Gasteiger partial charge is 0.354 e. The van der Waals surface area contributed by atoms with Gasteiger partial charge < -0.3 is 15.8 Å². The van der Waals surface area contributed by atoms with Gasteiger partial charge in [-0.25, -0.2) is 4.79 Å². The lowest BCUT2D eigenvalue weighted by atomic mass is 10.3. The number of aromatic nitrogens is 1. The highest BCUT2D eigenvalue weighted by Crippen LogP contribution is 2.27. The number of nitrogens with two attached hydrogens (primary N) is 1. The lowest BCUT2D eigenvalue weighted by molar-refractivity contribution is 0.0692. The molecule has 0 unspecified atom stereocenters. The van der Waals surface area contributed by atoms with E-state index in [1.54, 1.807) is 6.07 Å². The topological polar surface area (TPSA) is 79.1 Å². The van der Waals surface area contributed by atoms with Crippen LogP contribution in [0.3, 0.4) is 0 Å². The van der Waals surface area contributed by atoms with E-state index in [9.17, 15) is 4.79 Å². The van der Waals surface area contributed by atoms with E-state index in [1.807, 2.05) is 17.5 Å². The lowest BCUT2D eigenvalue weighted by Crippen LogP contribution is -2.00. The van der Waals surface area contributed by atoms with E-state index in [-0.39, 0.29) is 11.4 Å². The summed E-state index contributed by atoms with van der Waals surface area (Å²) in [4.78, 5) is 14.4. The SMILES string of the molecule is Nc1cc(-c2cccs2)[nH]c1C(=O)O. The summed E-state index contributed by atoms with van der Waals surface area (Å²) in [6, 6.07) is 5.44. The van der Waals surface area contributed by atoms with E-state index in [1.165, 1.54) is 11.3 Å². The van der Waals surface area contributed by atoms with E-state index < -0.39 is 5.97 Å². The fourth-order valence-corrected chi connectivity index (χ4v) is 1.91. The van der Waals surface area contributed by atoms with Crippen LogP contribution in [0.25, 0.3) is 10.6 Å². The van der Waals surface area contributed by atoms with Crippen LogP contribution in [-0.2, 0) is 0 Å². The Labute approximate surface area is 84.0 Å². The number of carboxylic acid groups (broad SMARTS) is 1. The van der Waals surface area contributed by atoms with E-state index in [2.05, 4.69) is 4.98 Å². The number of H-pyrrole nitrogens is 1. The summed E-state index contributed by atoms with van der Waals surface area (Å²) in [5.74, 6) is -1.04. The van der Waals surface area contributed by atoms with Crippen molar-refractivity contribution in [3.8, 4) is 10.6 Å². The van der Waals surface area contributed by atoms with Gasteiger partial charge in [0.1, 0.15) is 5.69 Å². The monoisotopic (exact) mass is 208 g/mol. The van der Waals surface area contributed by atoms with Gasteiger partial charge >= 0.3 is 5.97 Å². The molecule has 0 amide bonds. The quantitative estimate of drug-likeness (QED) is 0.706. The number of hydrogen-bond acceptors (Lipinski definition) is 3. The summed E-state index contributed by atoms with van der Waals surface area (Å²) < 4.78 is 0. The fourth-order valence-electron chi connectivity index (χ4n) is 1.21. The van der Waals surface area contributed by atoms with Gasteiger partial charge in [0.15, 0.2) is 0 Å². The molecule has 5 heteroatoms. The number of rotatable bonds is 2. The van der Waals surface area contributed by atoms with E-state index in [4.69, 9.17) is 10.8 Å². The molecule has 2 aromatic rings. The zero-order chi connectivity index (χ0) is 10.1. The maximum absolute atomic E-state index is 10.7. The van der Waals surface area contributed by atoms with Crippen molar-refractivity contribution >= 4 is 23.0 Å². The molecule has 72 valence electrons. The number of aromatic amines is 1. The van der Waals surface area contributed by atoms with Gasteiger partial charge in [0.2, 0.25) is 0 Å². The summed E-state index contributed by atoms with van der Waals surface area (Å²) in [7, 11) is 0.